The number of aromatic nitrogens is 1. The van der Waals surface area contributed by atoms with Gasteiger partial charge in [0, 0.05) is 6.20 Å². The van der Waals surface area contributed by atoms with Crippen molar-refractivity contribution in [1.82, 2.24) is 4.98 Å². The van der Waals surface area contributed by atoms with Crippen molar-refractivity contribution < 1.29 is 4.74 Å². The highest BCUT2D eigenvalue weighted by Gasteiger charge is 1.91. The smallest absolute Gasteiger partial charge is 0.259 e. The molecule has 1 heterocycles. The van der Waals surface area contributed by atoms with Gasteiger partial charge in [0.25, 0.3) is 5.17 Å². The Morgan fingerprint density at radius 3 is 3.00 bits per heavy atom. The molecule has 52 valence electrons. The van der Waals surface area contributed by atoms with E-state index in [1.165, 1.54) is 0 Å². The maximum atomic E-state index is 5.11. The summed E-state index contributed by atoms with van der Waals surface area (Å²) in [6, 6.07) is 3.47. The maximum Gasteiger partial charge on any atom is 0.259 e. The fraction of sp³-hybridized carbons (Fsp3) is 0. The summed E-state index contributed by atoms with van der Waals surface area (Å²) in [6.07, 6.45) is 3.19. The molecule has 10 heavy (non-hydrogen) atoms. The fourth-order valence-corrected chi connectivity index (χ4v) is 0.620. The molecule has 1 rings (SSSR count). The molecule has 4 heteroatoms. The number of nitrogens with zero attached hydrogens (tertiary/aromatic N) is 1. The molecule has 0 aliphatic carbocycles. The van der Waals surface area contributed by atoms with Gasteiger partial charge in [-0.15, -0.1) is 0 Å². The Hall–Kier alpha value is -1.16. The van der Waals surface area contributed by atoms with Crippen LogP contribution in [0.1, 0.15) is 0 Å². The van der Waals surface area contributed by atoms with Crippen LogP contribution in [0.3, 0.4) is 0 Å². The van der Waals surface area contributed by atoms with E-state index < -0.39 is 0 Å². The molecule has 0 amide bonds. The van der Waals surface area contributed by atoms with Crippen molar-refractivity contribution in [2.24, 2.45) is 5.73 Å². The van der Waals surface area contributed by atoms with E-state index in [1.54, 1.807) is 24.5 Å². The minimum Gasteiger partial charge on any atom is -0.430 e. The summed E-state index contributed by atoms with van der Waals surface area (Å²) < 4.78 is 4.86. The minimum atomic E-state index is 0.00741. The lowest BCUT2D eigenvalue weighted by atomic mass is 10.5. The lowest BCUT2D eigenvalue weighted by Crippen LogP contribution is -2.15. The minimum absolute atomic E-state index is 0.00741. The van der Waals surface area contributed by atoms with E-state index in [-0.39, 0.29) is 5.17 Å². The van der Waals surface area contributed by atoms with Gasteiger partial charge < -0.3 is 10.5 Å². The summed E-state index contributed by atoms with van der Waals surface area (Å²) in [4.78, 5) is 3.80. The zero-order chi connectivity index (χ0) is 7.40. The van der Waals surface area contributed by atoms with Crippen LogP contribution in [-0.4, -0.2) is 10.2 Å². The van der Waals surface area contributed by atoms with Gasteiger partial charge in [-0.1, -0.05) is 0 Å². The van der Waals surface area contributed by atoms with Crippen molar-refractivity contribution in [3.8, 4) is 5.75 Å². The number of ether oxygens (including phenoxy) is 1. The van der Waals surface area contributed by atoms with Crippen LogP contribution in [0.4, 0.5) is 0 Å². The van der Waals surface area contributed by atoms with Crippen molar-refractivity contribution >= 4 is 17.4 Å². The van der Waals surface area contributed by atoms with Gasteiger partial charge in [-0.25, -0.2) is 0 Å². The van der Waals surface area contributed by atoms with Gasteiger partial charge in [0.05, 0.1) is 6.20 Å². The van der Waals surface area contributed by atoms with Crippen LogP contribution < -0.4 is 10.5 Å². The molecule has 1 aromatic rings. The van der Waals surface area contributed by atoms with Gasteiger partial charge in [-0.05, 0) is 24.4 Å². The van der Waals surface area contributed by atoms with Crippen molar-refractivity contribution in [2.75, 3.05) is 0 Å². The lowest BCUT2D eigenvalue weighted by Gasteiger charge is -1.98. The van der Waals surface area contributed by atoms with E-state index >= 15 is 0 Å². The standard InChI is InChI=1S/C6H6N2OS/c7-6(10)9-5-2-1-3-8-4-5/h1-4H,(H2,7,10). The zero-order valence-corrected chi connectivity index (χ0v) is 5.97. The topological polar surface area (TPSA) is 48.1 Å². The lowest BCUT2D eigenvalue weighted by molar-refractivity contribution is 0.554. The number of pyridine rings is 1. The van der Waals surface area contributed by atoms with Crippen LogP contribution in [0.5, 0.6) is 5.75 Å². The van der Waals surface area contributed by atoms with Gasteiger partial charge >= 0.3 is 0 Å². The fourth-order valence-electron chi connectivity index (χ4n) is 0.524. The van der Waals surface area contributed by atoms with Crippen LogP contribution >= 0.6 is 12.2 Å². The van der Waals surface area contributed by atoms with E-state index in [0.717, 1.165) is 0 Å². The average Bonchev–Trinajstić information content (AvgIpc) is 1.88. The normalized spacial score (nSPS) is 8.80. The summed E-state index contributed by atoms with van der Waals surface area (Å²) >= 11 is 4.51. The molecule has 0 saturated carbocycles. The number of nitrogens with two attached hydrogens (primary N) is 1. The molecule has 0 saturated heterocycles. The van der Waals surface area contributed by atoms with E-state index in [1.807, 2.05) is 0 Å². The van der Waals surface area contributed by atoms with Crippen LogP contribution in [-0.2, 0) is 0 Å². The van der Waals surface area contributed by atoms with E-state index in [4.69, 9.17) is 10.5 Å². The Bertz CT molecular complexity index is 224. The van der Waals surface area contributed by atoms with Gasteiger partial charge in [0.1, 0.15) is 5.75 Å². The van der Waals surface area contributed by atoms with Crippen molar-refractivity contribution in [1.29, 1.82) is 0 Å². The molecule has 0 atom stereocenters. The Labute approximate surface area is 63.8 Å². The monoisotopic (exact) mass is 154 g/mol. The van der Waals surface area contributed by atoms with E-state index in [9.17, 15) is 0 Å². The highest BCUT2D eigenvalue weighted by Crippen LogP contribution is 2.04. The number of hydrogen-bond acceptors (Lipinski definition) is 3. The SMILES string of the molecule is NC(=S)Oc1cccnc1. The largest absolute Gasteiger partial charge is 0.430 e. The van der Waals surface area contributed by atoms with Crippen molar-refractivity contribution in [3.63, 3.8) is 0 Å². The first-order valence-corrected chi connectivity index (χ1v) is 3.07. The summed E-state index contributed by atoms with van der Waals surface area (Å²) in [5.41, 5.74) is 5.11. The van der Waals surface area contributed by atoms with Gasteiger partial charge in [0.15, 0.2) is 0 Å². The Morgan fingerprint density at radius 1 is 1.70 bits per heavy atom. The second kappa shape index (κ2) is 3.12. The van der Waals surface area contributed by atoms with Crippen molar-refractivity contribution in [2.45, 2.75) is 0 Å². The Morgan fingerprint density at radius 2 is 2.50 bits per heavy atom. The second-order valence-corrected chi connectivity index (χ2v) is 2.01. The van der Waals surface area contributed by atoms with Gasteiger partial charge in [0.2, 0.25) is 0 Å². The van der Waals surface area contributed by atoms with E-state index in [2.05, 4.69) is 17.2 Å². The third-order valence-corrected chi connectivity index (χ3v) is 0.936. The summed E-state index contributed by atoms with van der Waals surface area (Å²) in [6.45, 7) is 0. The molecule has 2 N–H and O–H groups in total. The molecular formula is C6H6N2OS. The average molecular weight is 154 g/mol. The summed E-state index contributed by atoms with van der Waals surface area (Å²) in [5, 5.41) is 0.00741. The molecular weight excluding hydrogens is 148 g/mol. The molecule has 0 fully saturated rings. The molecule has 0 spiro atoms. The molecule has 0 unspecified atom stereocenters. The molecule has 0 aliphatic rings. The number of rotatable bonds is 1. The first-order chi connectivity index (χ1) is 4.79. The summed E-state index contributed by atoms with van der Waals surface area (Å²) in [7, 11) is 0. The predicted molar refractivity (Wildman–Crippen MR) is 41.7 cm³/mol. The highest BCUT2D eigenvalue weighted by atomic mass is 32.1. The third kappa shape index (κ3) is 1.99. The number of thiocarbonyl (C=S) groups is 1. The van der Waals surface area contributed by atoms with Crippen LogP contribution in [0.25, 0.3) is 0 Å². The maximum absolute atomic E-state index is 5.11. The van der Waals surface area contributed by atoms with Crippen LogP contribution in [0.2, 0.25) is 0 Å². The Balaban J connectivity index is 2.67. The molecule has 3 nitrogen and oxygen atoms in total. The Kier molecular flexibility index (Phi) is 2.17. The quantitative estimate of drug-likeness (QED) is 0.605. The van der Waals surface area contributed by atoms with Crippen molar-refractivity contribution in [3.05, 3.63) is 24.5 Å². The zero-order valence-electron chi connectivity index (χ0n) is 5.15. The number of hydrogen-bond donors (Lipinski definition) is 1. The highest BCUT2D eigenvalue weighted by molar-refractivity contribution is 7.80. The first-order valence-electron chi connectivity index (χ1n) is 2.66. The van der Waals surface area contributed by atoms with E-state index in [0.29, 0.717) is 5.75 Å². The second-order valence-electron chi connectivity index (χ2n) is 1.61. The molecule has 0 aromatic carbocycles. The third-order valence-electron chi connectivity index (χ3n) is 0.853. The van der Waals surface area contributed by atoms with Crippen LogP contribution in [0.15, 0.2) is 24.5 Å². The molecule has 0 radical (unpaired) electrons. The molecule has 1 aromatic heterocycles. The van der Waals surface area contributed by atoms with Gasteiger partial charge in [-0.2, -0.15) is 0 Å². The molecule has 0 aliphatic heterocycles. The summed E-state index contributed by atoms with van der Waals surface area (Å²) in [5.74, 6) is 0.565. The van der Waals surface area contributed by atoms with Crippen LogP contribution in [0, 0.1) is 0 Å². The molecule has 0 bridgehead atoms. The first kappa shape index (κ1) is 6.95. The van der Waals surface area contributed by atoms with Gasteiger partial charge in [-0.3, -0.25) is 4.98 Å². The predicted octanol–water partition coefficient (Wildman–Crippen LogP) is 0.704.